The second-order valence-electron chi connectivity index (χ2n) is 6.47. The van der Waals surface area contributed by atoms with Crippen LogP contribution in [-0.4, -0.2) is 22.5 Å². The number of carboxylic acid groups (broad SMARTS) is 1. The van der Waals surface area contributed by atoms with Crippen molar-refractivity contribution in [1.82, 2.24) is 5.32 Å². The summed E-state index contributed by atoms with van der Waals surface area (Å²) in [5.74, 6) is -1.14. The highest BCUT2D eigenvalue weighted by Gasteiger charge is 2.46. The Bertz CT molecular complexity index is 751. The first kappa shape index (κ1) is 14.6. The van der Waals surface area contributed by atoms with Crippen LogP contribution >= 0.6 is 0 Å². The lowest BCUT2D eigenvalue weighted by molar-refractivity contribution is -0.146. The fraction of sp³-hybridized carbons (Fsp3) is 0.333. The van der Waals surface area contributed by atoms with Crippen LogP contribution in [-0.2, 0) is 9.59 Å². The molecule has 2 unspecified atom stereocenters. The van der Waals surface area contributed by atoms with Crippen molar-refractivity contribution in [3.8, 4) is 0 Å². The van der Waals surface area contributed by atoms with Crippen LogP contribution in [0.3, 0.4) is 0 Å². The molecule has 0 aromatic heterocycles. The average Bonchev–Trinajstić information content (AvgIpc) is 3.26. The Labute approximate surface area is 129 Å². The van der Waals surface area contributed by atoms with Crippen molar-refractivity contribution in [2.45, 2.75) is 31.7 Å². The van der Waals surface area contributed by atoms with E-state index in [0.29, 0.717) is 0 Å². The number of carbonyl (C=O) groups excluding carboxylic acids is 1. The summed E-state index contributed by atoms with van der Waals surface area (Å²) >= 11 is 0. The first-order valence-electron chi connectivity index (χ1n) is 7.42. The van der Waals surface area contributed by atoms with Crippen LogP contribution in [0, 0.1) is 5.92 Å². The average molecular weight is 297 g/mol. The van der Waals surface area contributed by atoms with Crippen LogP contribution in [0.15, 0.2) is 42.5 Å². The fourth-order valence-corrected chi connectivity index (χ4v) is 2.75. The molecule has 1 aliphatic rings. The lowest BCUT2D eigenvalue weighted by Crippen LogP contribution is -2.50. The lowest BCUT2D eigenvalue weighted by Gasteiger charge is -2.21. The lowest BCUT2D eigenvalue weighted by atomic mass is 10.0. The molecule has 0 aliphatic heterocycles. The third kappa shape index (κ3) is 2.69. The number of benzene rings is 2. The standard InChI is InChI=1S/C18H19NO3/c1-18(2,17(21)22)19-16(20)15-10-14(15)13-8-7-11-5-3-4-6-12(11)9-13/h3-9,14-15H,10H2,1-2H3,(H,19,20)(H,21,22). The van der Waals surface area contributed by atoms with E-state index in [0.717, 1.165) is 17.4 Å². The van der Waals surface area contributed by atoms with E-state index < -0.39 is 11.5 Å². The Morgan fingerprint density at radius 1 is 1.14 bits per heavy atom. The third-order valence-corrected chi connectivity index (χ3v) is 4.30. The molecular weight excluding hydrogens is 278 g/mol. The van der Waals surface area contributed by atoms with Gasteiger partial charge in [-0.1, -0.05) is 42.5 Å². The molecule has 1 amide bonds. The van der Waals surface area contributed by atoms with Crippen molar-refractivity contribution in [3.05, 3.63) is 48.0 Å². The largest absolute Gasteiger partial charge is 0.480 e. The van der Waals surface area contributed by atoms with E-state index in [1.54, 1.807) is 0 Å². The maximum absolute atomic E-state index is 12.2. The maximum Gasteiger partial charge on any atom is 0.328 e. The molecule has 4 heteroatoms. The van der Waals surface area contributed by atoms with E-state index in [-0.39, 0.29) is 17.7 Å². The predicted octanol–water partition coefficient (Wildman–Crippen LogP) is 2.92. The van der Waals surface area contributed by atoms with Crippen molar-refractivity contribution in [2.24, 2.45) is 5.92 Å². The van der Waals surface area contributed by atoms with Crippen molar-refractivity contribution >= 4 is 22.6 Å². The van der Waals surface area contributed by atoms with E-state index >= 15 is 0 Å². The van der Waals surface area contributed by atoms with Crippen LogP contribution < -0.4 is 5.32 Å². The Morgan fingerprint density at radius 3 is 2.50 bits per heavy atom. The van der Waals surface area contributed by atoms with Gasteiger partial charge in [-0.25, -0.2) is 4.79 Å². The SMILES string of the molecule is CC(C)(NC(=O)C1CC1c1ccc2ccccc2c1)C(=O)O. The van der Waals surface area contributed by atoms with Crippen molar-refractivity contribution in [1.29, 1.82) is 0 Å². The van der Waals surface area contributed by atoms with Gasteiger partial charge in [0, 0.05) is 5.92 Å². The first-order valence-corrected chi connectivity index (χ1v) is 7.42. The molecule has 3 rings (SSSR count). The molecule has 22 heavy (non-hydrogen) atoms. The molecule has 1 fully saturated rings. The molecule has 4 nitrogen and oxygen atoms in total. The number of carboxylic acids is 1. The topological polar surface area (TPSA) is 66.4 Å². The van der Waals surface area contributed by atoms with Gasteiger partial charge >= 0.3 is 5.97 Å². The molecule has 0 bridgehead atoms. The van der Waals surface area contributed by atoms with Gasteiger partial charge in [0.2, 0.25) is 5.91 Å². The highest BCUT2D eigenvalue weighted by atomic mass is 16.4. The molecule has 1 aliphatic carbocycles. The Hall–Kier alpha value is -2.36. The quantitative estimate of drug-likeness (QED) is 0.912. The number of rotatable bonds is 4. The van der Waals surface area contributed by atoms with E-state index in [9.17, 15) is 9.59 Å². The Morgan fingerprint density at radius 2 is 1.82 bits per heavy atom. The van der Waals surface area contributed by atoms with Gasteiger partial charge in [0.15, 0.2) is 0 Å². The molecule has 2 atom stereocenters. The third-order valence-electron chi connectivity index (χ3n) is 4.30. The number of carbonyl (C=O) groups is 2. The second kappa shape index (κ2) is 5.13. The number of aliphatic carboxylic acids is 1. The van der Waals surface area contributed by atoms with Crippen molar-refractivity contribution in [2.75, 3.05) is 0 Å². The van der Waals surface area contributed by atoms with Crippen molar-refractivity contribution < 1.29 is 14.7 Å². The summed E-state index contributed by atoms with van der Waals surface area (Å²) in [4.78, 5) is 23.3. The molecule has 0 spiro atoms. The number of amides is 1. The van der Waals surface area contributed by atoms with Crippen LogP contribution in [0.2, 0.25) is 0 Å². The smallest absolute Gasteiger partial charge is 0.328 e. The minimum atomic E-state index is -1.23. The monoisotopic (exact) mass is 297 g/mol. The summed E-state index contributed by atoms with van der Waals surface area (Å²) in [5, 5.41) is 14.0. The van der Waals surface area contributed by atoms with Gasteiger partial charge < -0.3 is 10.4 Å². The molecule has 1 saturated carbocycles. The second-order valence-corrected chi connectivity index (χ2v) is 6.47. The normalized spacial score (nSPS) is 20.6. The van der Waals surface area contributed by atoms with Crippen LogP contribution in [0.5, 0.6) is 0 Å². The van der Waals surface area contributed by atoms with Crippen molar-refractivity contribution in [3.63, 3.8) is 0 Å². The van der Waals surface area contributed by atoms with Gasteiger partial charge in [-0.2, -0.15) is 0 Å². The van der Waals surface area contributed by atoms with Crippen LogP contribution in [0.1, 0.15) is 31.7 Å². The van der Waals surface area contributed by atoms with Gasteiger partial charge in [0.1, 0.15) is 5.54 Å². The molecule has 0 saturated heterocycles. The minimum Gasteiger partial charge on any atom is -0.480 e. The summed E-state index contributed by atoms with van der Waals surface area (Å²) in [6.45, 7) is 3.00. The van der Waals surface area contributed by atoms with Gasteiger partial charge in [-0.15, -0.1) is 0 Å². The Kier molecular flexibility index (Phi) is 3.39. The predicted molar refractivity (Wildman–Crippen MR) is 84.7 cm³/mol. The number of hydrogen-bond donors (Lipinski definition) is 2. The molecule has 2 N–H and O–H groups in total. The molecule has 0 radical (unpaired) electrons. The van der Waals surface area contributed by atoms with E-state index in [2.05, 4.69) is 35.6 Å². The maximum atomic E-state index is 12.2. The summed E-state index contributed by atoms with van der Waals surface area (Å²) in [5.41, 5.74) is -0.0832. The van der Waals surface area contributed by atoms with Crippen LogP contribution in [0.4, 0.5) is 0 Å². The molecule has 2 aromatic rings. The minimum absolute atomic E-state index is 0.125. The summed E-state index contributed by atoms with van der Waals surface area (Å²) in [6.07, 6.45) is 0.778. The summed E-state index contributed by atoms with van der Waals surface area (Å²) < 4.78 is 0. The van der Waals surface area contributed by atoms with Gasteiger partial charge in [-0.05, 0) is 42.5 Å². The first-order chi connectivity index (χ1) is 10.4. The van der Waals surface area contributed by atoms with E-state index in [1.165, 1.54) is 19.2 Å². The molecule has 0 heterocycles. The molecule has 114 valence electrons. The number of fused-ring (bicyclic) bond motifs is 1. The number of nitrogens with one attached hydrogen (secondary N) is 1. The van der Waals surface area contributed by atoms with Gasteiger partial charge in [0.25, 0.3) is 0 Å². The van der Waals surface area contributed by atoms with Gasteiger partial charge in [0.05, 0.1) is 0 Å². The van der Waals surface area contributed by atoms with Crippen LogP contribution in [0.25, 0.3) is 10.8 Å². The zero-order valence-electron chi connectivity index (χ0n) is 12.7. The molecule has 2 aromatic carbocycles. The summed E-state index contributed by atoms with van der Waals surface area (Å²) in [6, 6.07) is 14.4. The Balaban J connectivity index is 1.73. The molecular formula is C18H19NO3. The highest BCUT2D eigenvalue weighted by molar-refractivity contribution is 5.90. The zero-order chi connectivity index (χ0) is 15.9. The fourth-order valence-electron chi connectivity index (χ4n) is 2.75. The summed E-state index contributed by atoms with van der Waals surface area (Å²) in [7, 11) is 0. The van der Waals surface area contributed by atoms with E-state index in [1.807, 2.05) is 12.1 Å². The number of hydrogen-bond acceptors (Lipinski definition) is 2. The van der Waals surface area contributed by atoms with Gasteiger partial charge in [-0.3, -0.25) is 4.79 Å². The van der Waals surface area contributed by atoms with E-state index in [4.69, 9.17) is 5.11 Å². The highest BCUT2D eigenvalue weighted by Crippen LogP contribution is 2.48. The zero-order valence-corrected chi connectivity index (χ0v) is 12.7.